The summed E-state index contributed by atoms with van der Waals surface area (Å²) < 4.78 is 26.7. The van der Waals surface area contributed by atoms with Crippen molar-refractivity contribution in [1.29, 1.82) is 0 Å². The van der Waals surface area contributed by atoms with Gasteiger partial charge in [-0.05, 0) is 36.6 Å². The number of imidazole rings is 1. The van der Waals surface area contributed by atoms with E-state index in [1.54, 1.807) is 10.9 Å². The smallest absolute Gasteiger partial charge is 0.248 e. The lowest BCUT2D eigenvalue weighted by Gasteiger charge is -2.24. The summed E-state index contributed by atoms with van der Waals surface area (Å²) >= 11 is 6.48. The van der Waals surface area contributed by atoms with Crippen molar-refractivity contribution >= 4 is 28.6 Å². The van der Waals surface area contributed by atoms with Crippen molar-refractivity contribution < 1.29 is 18.6 Å². The highest BCUT2D eigenvalue weighted by molar-refractivity contribution is 6.28. The third-order valence-electron chi connectivity index (χ3n) is 7.60. The molecular weight excluding hydrogens is 558 g/mol. The maximum Gasteiger partial charge on any atom is 0.248 e. The van der Waals surface area contributed by atoms with Crippen LogP contribution in [0.25, 0.3) is 11.2 Å². The highest BCUT2D eigenvalue weighted by atomic mass is 35.5. The Kier molecular flexibility index (Phi) is 6.89. The molecule has 2 aliphatic heterocycles. The fraction of sp³-hybridized carbons (Fsp3) is 0.367. The molecule has 0 spiro atoms. The Hall–Kier alpha value is -3.90. The fourth-order valence-corrected chi connectivity index (χ4v) is 5.89. The third-order valence-corrected chi connectivity index (χ3v) is 7.77. The quantitative estimate of drug-likeness (QED) is 0.234. The molecule has 0 saturated carbocycles. The molecule has 12 heteroatoms. The van der Waals surface area contributed by atoms with Crippen LogP contribution in [0.15, 0.2) is 71.4 Å². The number of halogens is 1. The van der Waals surface area contributed by atoms with E-state index in [0.29, 0.717) is 41.7 Å². The number of aromatic nitrogens is 6. The Labute approximate surface area is 247 Å². The van der Waals surface area contributed by atoms with E-state index >= 15 is 0 Å². The second-order valence-electron chi connectivity index (χ2n) is 10.8. The number of nitrogens with zero attached hydrogens (tertiary/aromatic N) is 6. The zero-order chi connectivity index (χ0) is 28.8. The van der Waals surface area contributed by atoms with E-state index in [-0.39, 0.29) is 11.2 Å². The number of ether oxygens (including phenoxy) is 3. The molecule has 2 aliphatic rings. The van der Waals surface area contributed by atoms with E-state index in [2.05, 4.69) is 54.7 Å². The summed E-state index contributed by atoms with van der Waals surface area (Å²) in [5, 5.41) is 11.9. The summed E-state index contributed by atoms with van der Waals surface area (Å²) in [4.78, 5) is 13.7. The molecule has 0 bridgehead atoms. The van der Waals surface area contributed by atoms with Crippen LogP contribution in [0.2, 0.25) is 5.28 Å². The first-order chi connectivity index (χ1) is 20.4. The number of anilines is 1. The number of hydrogen-bond acceptors (Lipinski definition) is 10. The van der Waals surface area contributed by atoms with Crippen LogP contribution in [0.1, 0.15) is 61.9 Å². The molecular formula is C30H30ClN7O4. The fourth-order valence-electron chi connectivity index (χ4n) is 5.72. The summed E-state index contributed by atoms with van der Waals surface area (Å²) in [5.74, 6) is 0.646. The SMILES string of the molecule is CCc1nnc([C@H]2O[C@@H](n3cnc4c(NCC(c5ccccc5)c5ccccc5)nc(Cl)nc43)[C@@H]3OC(C)(C)O[C@@H]32)o1. The molecule has 4 atom stereocenters. The van der Waals surface area contributed by atoms with Gasteiger partial charge in [0.05, 0.1) is 6.33 Å². The van der Waals surface area contributed by atoms with Gasteiger partial charge in [0.2, 0.25) is 17.1 Å². The van der Waals surface area contributed by atoms with Crippen molar-refractivity contribution in [2.24, 2.45) is 0 Å². The zero-order valence-electron chi connectivity index (χ0n) is 23.3. The summed E-state index contributed by atoms with van der Waals surface area (Å²) in [6.45, 7) is 6.25. The summed E-state index contributed by atoms with van der Waals surface area (Å²) in [6, 6.07) is 20.7. The lowest BCUT2D eigenvalue weighted by molar-refractivity contribution is -0.199. The van der Waals surface area contributed by atoms with Crippen LogP contribution < -0.4 is 5.32 Å². The van der Waals surface area contributed by atoms with Crippen LogP contribution >= 0.6 is 11.6 Å². The second kappa shape index (κ2) is 10.7. The molecule has 2 fully saturated rings. The average molecular weight is 588 g/mol. The number of fused-ring (bicyclic) bond motifs is 2. The number of rotatable bonds is 8. The standard InChI is InChI=1S/C30H30ClN7O4/c1-4-20-36-37-27(39-20)23-22-24(42-30(2,3)41-22)28(40-23)38-16-33-21-25(34-29(31)35-26(21)38)32-15-19(17-11-7-5-8-12-17)18-13-9-6-10-14-18/h5-14,16,19,22-24,28H,4,15H2,1-3H3,(H,32,34,35)/t22-,23+,24-,28-/m1/s1. The van der Waals surface area contributed by atoms with Crippen molar-refractivity contribution in [3.63, 3.8) is 0 Å². The van der Waals surface area contributed by atoms with Gasteiger partial charge in [-0.2, -0.15) is 9.97 Å². The van der Waals surface area contributed by atoms with Gasteiger partial charge in [-0.25, -0.2) is 4.98 Å². The minimum Gasteiger partial charge on any atom is -0.422 e. The van der Waals surface area contributed by atoms with Crippen molar-refractivity contribution in [1.82, 2.24) is 29.7 Å². The predicted molar refractivity (Wildman–Crippen MR) is 154 cm³/mol. The number of benzene rings is 2. The van der Waals surface area contributed by atoms with Crippen LogP contribution in [0.4, 0.5) is 5.82 Å². The molecule has 11 nitrogen and oxygen atoms in total. The molecule has 0 amide bonds. The van der Waals surface area contributed by atoms with Gasteiger partial charge in [-0.1, -0.05) is 67.6 Å². The normalized spacial score (nSPS) is 23.1. The van der Waals surface area contributed by atoms with Crippen LogP contribution in [-0.2, 0) is 20.6 Å². The second-order valence-corrected chi connectivity index (χ2v) is 11.2. The van der Waals surface area contributed by atoms with Gasteiger partial charge in [-0.3, -0.25) is 4.57 Å². The molecule has 0 unspecified atom stereocenters. The molecule has 5 aromatic rings. The van der Waals surface area contributed by atoms with E-state index in [4.69, 9.17) is 30.2 Å². The number of nitrogens with one attached hydrogen (secondary N) is 1. The molecule has 42 heavy (non-hydrogen) atoms. The van der Waals surface area contributed by atoms with Gasteiger partial charge in [-0.15, -0.1) is 10.2 Å². The summed E-state index contributed by atoms with van der Waals surface area (Å²) in [7, 11) is 0. The molecule has 1 N–H and O–H groups in total. The molecule has 216 valence electrons. The average Bonchev–Trinajstić information content (AvgIpc) is 3.77. The molecule has 7 rings (SSSR count). The Bertz CT molecular complexity index is 1650. The first-order valence-corrected chi connectivity index (χ1v) is 14.3. The predicted octanol–water partition coefficient (Wildman–Crippen LogP) is 5.46. The van der Waals surface area contributed by atoms with Gasteiger partial charge in [0.15, 0.2) is 35.1 Å². The zero-order valence-corrected chi connectivity index (χ0v) is 24.1. The lowest BCUT2D eigenvalue weighted by Crippen LogP contribution is -2.27. The summed E-state index contributed by atoms with van der Waals surface area (Å²) in [5.41, 5.74) is 3.43. The van der Waals surface area contributed by atoms with Gasteiger partial charge in [0, 0.05) is 18.9 Å². The van der Waals surface area contributed by atoms with Gasteiger partial charge >= 0.3 is 0 Å². The molecule has 0 aliphatic carbocycles. The van der Waals surface area contributed by atoms with Crippen LogP contribution in [0.5, 0.6) is 0 Å². The van der Waals surface area contributed by atoms with Crippen molar-refractivity contribution in [2.75, 3.05) is 11.9 Å². The molecule has 3 aromatic heterocycles. The maximum absolute atomic E-state index is 6.48. The van der Waals surface area contributed by atoms with E-state index in [1.807, 2.05) is 57.2 Å². The Balaban J connectivity index is 1.21. The van der Waals surface area contributed by atoms with E-state index in [1.165, 1.54) is 11.1 Å². The Morgan fingerprint density at radius 2 is 1.64 bits per heavy atom. The Morgan fingerprint density at radius 3 is 2.31 bits per heavy atom. The van der Waals surface area contributed by atoms with Crippen LogP contribution in [0.3, 0.4) is 0 Å². The van der Waals surface area contributed by atoms with Crippen molar-refractivity contribution in [3.05, 3.63) is 95.2 Å². The monoisotopic (exact) mass is 587 g/mol. The minimum atomic E-state index is -0.831. The lowest BCUT2D eigenvalue weighted by atomic mass is 9.91. The Morgan fingerprint density at radius 1 is 0.952 bits per heavy atom. The number of hydrogen-bond donors (Lipinski definition) is 1. The van der Waals surface area contributed by atoms with Gasteiger partial charge in [0.1, 0.15) is 12.2 Å². The van der Waals surface area contributed by atoms with E-state index in [0.717, 1.165) is 0 Å². The molecule has 5 heterocycles. The molecule has 2 aromatic carbocycles. The van der Waals surface area contributed by atoms with Crippen molar-refractivity contribution in [2.45, 2.75) is 63.4 Å². The highest BCUT2D eigenvalue weighted by Crippen LogP contribution is 2.49. The topological polar surface area (TPSA) is 122 Å². The highest BCUT2D eigenvalue weighted by Gasteiger charge is 2.58. The first kappa shape index (κ1) is 27.0. The number of aryl methyl sites for hydroxylation is 1. The largest absolute Gasteiger partial charge is 0.422 e. The first-order valence-electron chi connectivity index (χ1n) is 14.0. The van der Waals surface area contributed by atoms with Gasteiger partial charge < -0.3 is 23.9 Å². The molecule has 2 saturated heterocycles. The van der Waals surface area contributed by atoms with Crippen molar-refractivity contribution in [3.8, 4) is 0 Å². The van der Waals surface area contributed by atoms with Crippen LogP contribution in [-0.4, -0.2) is 54.3 Å². The van der Waals surface area contributed by atoms with Crippen LogP contribution in [0, 0.1) is 0 Å². The van der Waals surface area contributed by atoms with Gasteiger partial charge in [0.25, 0.3) is 0 Å². The summed E-state index contributed by atoms with van der Waals surface area (Å²) in [6.07, 6.45) is 0.0670. The molecule has 0 radical (unpaired) electrons. The van der Waals surface area contributed by atoms with E-state index < -0.39 is 30.3 Å². The minimum absolute atomic E-state index is 0.0756. The third kappa shape index (κ3) is 4.92. The van der Waals surface area contributed by atoms with E-state index in [9.17, 15) is 0 Å². The maximum atomic E-state index is 6.48.